The van der Waals surface area contributed by atoms with Gasteiger partial charge in [-0.3, -0.25) is 4.79 Å². The van der Waals surface area contributed by atoms with Crippen LogP contribution in [0.5, 0.6) is 0 Å². The molecule has 0 heterocycles. The summed E-state index contributed by atoms with van der Waals surface area (Å²) in [4.78, 5) is 22.4. The molecule has 1 aliphatic rings. The maximum Gasteiger partial charge on any atom is 0.338 e. The number of hydrogen-bond donors (Lipinski definition) is 3. The number of aromatic carboxylic acids is 1. The van der Waals surface area contributed by atoms with Crippen molar-refractivity contribution in [2.75, 3.05) is 0 Å². The molecule has 6 heteroatoms. The van der Waals surface area contributed by atoms with Crippen molar-refractivity contribution in [1.29, 1.82) is 0 Å². The summed E-state index contributed by atoms with van der Waals surface area (Å²) in [6.07, 6.45) is 2.06. The van der Waals surface area contributed by atoms with Gasteiger partial charge in [0.05, 0.1) is 11.6 Å². The largest absolute Gasteiger partial charge is 0.478 e. The molecule has 0 saturated heterocycles. The van der Waals surface area contributed by atoms with Crippen molar-refractivity contribution in [2.45, 2.75) is 38.4 Å². The van der Waals surface area contributed by atoms with E-state index in [1.807, 2.05) is 0 Å². The Morgan fingerprint density at radius 2 is 2.15 bits per heavy atom. The van der Waals surface area contributed by atoms with E-state index in [2.05, 4.69) is 10.6 Å². The summed E-state index contributed by atoms with van der Waals surface area (Å²) in [5.74, 6) is -2.14. The molecule has 0 spiro atoms. The first-order chi connectivity index (χ1) is 9.47. The van der Waals surface area contributed by atoms with Gasteiger partial charge in [-0.15, -0.1) is 0 Å². The number of amides is 1. The second-order valence-electron chi connectivity index (χ2n) is 5.00. The molecule has 1 atom stereocenters. The van der Waals surface area contributed by atoms with Crippen molar-refractivity contribution < 1.29 is 19.1 Å². The molecule has 2 rings (SSSR count). The molecule has 0 aliphatic heterocycles. The highest BCUT2D eigenvalue weighted by atomic mass is 19.1. The van der Waals surface area contributed by atoms with E-state index >= 15 is 0 Å². The highest BCUT2D eigenvalue weighted by Crippen LogP contribution is 2.18. The quantitative estimate of drug-likeness (QED) is 0.733. The third kappa shape index (κ3) is 3.77. The van der Waals surface area contributed by atoms with Crippen LogP contribution in [0.1, 0.15) is 35.7 Å². The first-order valence-corrected chi connectivity index (χ1v) is 6.53. The van der Waals surface area contributed by atoms with Crippen LogP contribution in [-0.4, -0.2) is 29.1 Å². The van der Waals surface area contributed by atoms with Gasteiger partial charge in [0.2, 0.25) is 5.91 Å². The van der Waals surface area contributed by atoms with Gasteiger partial charge in [0.1, 0.15) is 5.82 Å². The molecule has 0 bridgehead atoms. The van der Waals surface area contributed by atoms with Crippen LogP contribution in [0.15, 0.2) is 18.2 Å². The van der Waals surface area contributed by atoms with E-state index in [-0.39, 0.29) is 17.5 Å². The molecule has 1 aromatic rings. The minimum Gasteiger partial charge on any atom is -0.478 e. The molecule has 5 nitrogen and oxygen atoms in total. The van der Waals surface area contributed by atoms with Gasteiger partial charge in [0.25, 0.3) is 0 Å². The van der Waals surface area contributed by atoms with Crippen LogP contribution in [0.3, 0.4) is 0 Å². The number of carboxylic acid groups (broad SMARTS) is 1. The fraction of sp³-hybridized carbons (Fsp3) is 0.429. The fourth-order valence-electron chi connectivity index (χ4n) is 1.76. The highest BCUT2D eigenvalue weighted by molar-refractivity contribution is 5.87. The van der Waals surface area contributed by atoms with Crippen LogP contribution in [0.25, 0.3) is 0 Å². The zero-order valence-corrected chi connectivity index (χ0v) is 11.1. The Labute approximate surface area is 116 Å². The van der Waals surface area contributed by atoms with E-state index in [0.717, 1.165) is 12.8 Å². The number of nitrogens with one attached hydrogen (secondary N) is 2. The number of carbonyl (C=O) groups is 2. The van der Waals surface area contributed by atoms with Crippen molar-refractivity contribution in [3.05, 3.63) is 35.1 Å². The van der Waals surface area contributed by atoms with Crippen LogP contribution in [0, 0.1) is 5.82 Å². The lowest BCUT2D eigenvalue weighted by atomic mass is 10.1. The maximum atomic E-state index is 13.5. The normalized spacial score (nSPS) is 15.7. The number of carboxylic acids is 1. The summed E-state index contributed by atoms with van der Waals surface area (Å²) in [6, 6.07) is 3.85. The molecule has 3 N–H and O–H groups in total. The van der Waals surface area contributed by atoms with Crippen molar-refractivity contribution in [1.82, 2.24) is 10.6 Å². The monoisotopic (exact) mass is 280 g/mol. The van der Waals surface area contributed by atoms with Crippen molar-refractivity contribution in [2.24, 2.45) is 0 Å². The van der Waals surface area contributed by atoms with Gasteiger partial charge in [-0.05, 0) is 37.5 Å². The maximum absolute atomic E-state index is 13.5. The topological polar surface area (TPSA) is 78.4 Å². The molecule has 1 unspecified atom stereocenters. The standard InChI is InChI=1S/C14H17FN2O3/c1-8(13(18)17-10-3-4-10)16-7-9-2-5-11(14(19)20)12(15)6-9/h2,5-6,8,10,16H,3-4,7H2,1H3,(H,17,18)(H,19,20). The third-order valence-electron chi connectivity index (χ3n) is 3.19. The van der Waals surface area contributed by atoms with Gasteiger partial charge in [0.15, 0.2) is 0 Å². The number of hydrogen-bond acceptors (Lipinski definition) is 3. The van der Waals surface area contributed by atoms with Gasteiger partial charge in [-0.2, -0.15) is 0 Å². The van der Waals surface area contributed by atoms with Gasteiger partial charge in [0, 0.05) is 12.6 Å². The van der Waals surface area contributed by atoms with Crippen LogP contribution < -0.4 is 10.6 Å². The van der Waals surface area contributed by atoms with Gasteiger partial charge < -0.3 is 15.7 Å². The summed E-state index contributed by atoms with van der Waals surface area (Å²) in [5, 5.41) is 14.6. The highest BCUT2D eigenvalue weighted by Gasteiger charge is 2.25. The molecule has 1 aromatic carbocycles. The zero-order chi connectivity index (χ0) is 14.7. The summed E-state index contributed by atoms with van der Waals surface area (Å²) in [6.45, 7) is 2.04. The molecule has 1 saturated carbocycles. The Bertz CT molecular complexity index is 529. The average molecular weight is 280 g/mol. The Morgan fingerprint density at radius 1 is 1.45 bits per heavy atom. The second kappa shape index (κ2) is 6.00. The van der Waals surface area contributed by atoms with E-state index in [1.165, 1.54) is 18.2 Å². The van der Waals surface area contributed by atoms with E-state index in [4.69, 9.17) is 5.11 Å². The van der Waals surface area contributed by atoms with Crippen LogP contribution >= 0.6 is 0 Å². The van der Waals surface area contributed by atoms with E-state index in [1.54, 1.807) is 6.92 Å². The Kier molecular flexibility index (Phi) is 4.34. The molecule has 0 aromatic heterocycles. The summed E-state index contributed by atoms with van der Waals surface area (Å²) in [5.41, 5.74) is 0.242. The van der Waals surface area contributed by atoms with Gasteiger partial charge in [-0.1, -0.05) is 6.07 Å². The third-order valence-corrected chi connectivity index (χ3v) is 3.19. The van der Waals surface area contributed by atoms with Crippen LogP contribution in [-0.2, 0) is 11.3 Å². The van der Waals surface area contributed by atoms with Gasteiger partial charge >= 0.3 is 5.97 Å². The van der Waals surface area contributed by atoms with E-state index in [0.29, 0.717) is 18.2 Å². The Balaban J connectivity index is 1.88. The first-order valence-electron chi connectivity index (χ1n) is 6.53. The smallest absolute Gasteiger partial charge is 0.338 e. The number of benzene rings is 1. The minimum atomic E-state index is -1.29. The van der Waals surface area contributed by atoms with Crippen LogP contribution in [0.4, 0.5) is 4.39 Å². The lowest BCUT2D eigenvalue weighted by molar-refractivity contribution is -0.122. The molecule has 1 fully saturated rings. The molecular weight excluding hydrogens is 263 g/mol. The number of rotatable bonds is 6. The minimum absolute atomic E-state index is 0.0740. The average Bonchev–Trinajstić information content (AvgIpc) is 3.19. The molecular formula is C14H17FN2O3. The van der Waals surface area contributed by atoms with Gasteiger partial charge in [-0.25, -0.2) is 9.18 Å². The molecule has 1 amide bonds. The lowest BCUT2D eigenvalue weighted by Gasteiger charge is -2.14. The molecule has 20 heavy (non-hydrogen) atoms. The fourth-order valence-corrected chi connectivity index (χ4v) is 1.76. The second-order valence-corrected chi connectivity index (χ2v) is 5.00. The molecule has 108 valence electrons. The van der Waals surface area contributed by atoms with E-state index in [9.17, 15) is 14.0 Å². The molecule has 1 aliphatic carbocycles. The first kappa shape index (κ1) is 14.5. The predicted molar refractivity (Wildman–Crippen MR) is 70.8 cm³/mol. The van der Waals surface area contributed by atoms with Crippen LogP contribution in [0.2, 0.25) is 0 Å². The van der Waals surface area contributed by atoms with Crippen molar-refractivity contribution in [3.8, 4) is 0 Å². The summed E-state index contributed by atoms with van der Waals surface area (Å²) >= 11 is 0. The summed E-state index contributed by atoms with van der Waals surface area (Å²) < 4.78 is 13.5. The Morgan fingerprint density at radius 3 is 2.70 bits per heavy atom. The Hall–Kier alpha value is -1.95. The molecule has 0 radical (unpaired) electrons. The van der Waals surface area contributed by atoms with Crippen molar-refractivity contribution in [3.63, 3.8) is 0 Å². The van der Waals surface area contributed by atoms with Crippen molar-refractivity contribution >= 4 is 11.9 Å². The lowest BCUT2D eigenvalue weighted by Crippen LogP contribution is -2.42. The zero-order valence-electron chi connectivity index (χ0n) is 11.1. The summed E-state index contributed by atoms with van der Waals surface area (Å²) in [7, 11) is 0. The SMILES string of the molecule is CC(NCc1ccc(C(=O)O)c(F)c1)C(=O)NC1CC1. The number of carbonyl (C=O) groups excluding carboxylic acids is 1. The van der Waals surface area contributed by atoms with E-state index < -0.39 is 11.8 Å². The predicted octanol–water partition coefficient (Wildman–Crippen LogP) is 1.28. The number of halogens is 1.